The van der Waals surface area contributed by atoms with E-state index in [0.29, 0.717) is 5.02 Å². The van der Waals surface area contributed by atoms with Crippen molar-refractivity contribution >= 4 is 17.6 Å². The molecule has 0 amide bonds. The number of nitrogens with zero attached hydrogens (tertiary/aromatic N) is 2. The van der Waals surface area contributed by atoms with Gasteiger partial charge in [0.2, 0.25) is 0 Å². The fourth-order valence-corrected chi connectivity index (χ4v) is 3.09. The molecule has 1 saturated heterocycles. The first-order valence-electron chi connectivity index (χ1n) is 7.34. The molecule has 0 atom stereocenters. The maximum absolute atomic E-state index is 10.9. The molecular formula is C16H23ClN2O2. The van der Waals surface area contributed by atoms with Crippen LogP contribution in [0.2, 0.25) is 5.02 Å². The number of carbonyl (C=O) groups is 1. The molecule has 0 radical (unpaired) electrons. The van der Waals surface area contributed by atoms with Crippen molar-refractivity contribution in [3.63, 3.8) is 0 Å². The number of carboxylic acids is 1. The molecule has 0 aromatic heterocycles. The first-order chi connectivity index (χ1) is 9.95. The third-order valence-corrected chi connectivity index (χ3v) is 4.50. The number of carboxylic acid groups (broad SMARTS) is 1. The average molecular weight is 311 g/mol. The molecular weight excluding hydrogens is 288 g/mol. The van der Waals surface area contributed by atoms with E-state index < -0.39 is 5.97 Å². The van der Waals surface area contributed by atoms with Crippen LogP contribution >= 0.6 is 11.6 Å². The number of piperidine rings is 1. The zero-order chi connectivity index (χ0) is 15.4. The summed E-state index contributed by atoms with van der Waals surface area (Å²) in [7, 11) is 4.27. The first kappa shape index (κ1) is 16.3. The van der Waals surface area contributed by atoms with Crippen molar-refractivity contribution in [3.05, 3.63) is 34.3 Å². The number of hydrogen-bond acceptors (Lipinski definition) is 3. The molecule has 0 saturated carbocycles. The van der Waals surface area contributed by atoms with E-state index in [0.717, 1.165) is 24.6 Å². The molecule has 5 heteroatoms. The second kappa shape index (κ2) is 7.25. The van der Waals surface area contributed by atoms with Crippen LogP contribution in [0.5, 0.6) is 0 Å². The van der Waals surface area contributed by atoms with E-state index in [1.807, 2.05) is 6.07 Å². The van der Waals surface area contributed by atoms with Gasteiger partial charge in [0, 0.05) is 18.1 Å². The summed E-state index contributed by atoms with van der Waals surface area (Å²) in [5.74, 6) is -0.202. The molecule has 0 aliphatic carbocycles. The maximum Gasteiger partial charge on any atom is 0.335 e. The van der Waals surface area contributed by atoms with Gasteiger partial charge in [0.05, 0.1) is 5.56 Å². The summed E-state index contributed by atoms with van der Waals surface area (Å²) in [6.07, 6.45) is 2.49. The van der Waals surface area contributed by atoms with Gasteiger partial charge in [-0.15, -0.1) is 0 Å². The zero-order valence-electron chi connectivity index (χ0n) is 12.7. The van der Waals surface area contributed by atoms with Gasteiger partial charge < -0.3 is 14.9 Å². The Morgan fingerprint density at radius 1 is 1.43 bits per heavy atom. The van der Waals surface area contributed by atoms with Crippen LogP contribution in [0.1, 0.15) is 28.8 Å². The van der Waals surface area contributed by atoms with Crippen LogP contribution in [0.4, 0.5) is 0 Å². The number of likely N-dealkylation sites (tertiary alicyclic amines) is 1. The van der Waals surface area contributed by atoms with Gasteiger partial charge in [-0.1, -0.05) is 17.7 Å². The van der Waals surface area contributed by atoms with Gasteiger partial charge in [-0.2, -0.15) is 0 Å². The minimum absolute atomic E-state index is 0.238. The molecule has 1 N–H and O–H groups in total. The highest BCUT2D eigenvalue weighted by Gasteiger charge is 2.18. The second-order valence-corrected chi connectivity index (χ2v) is 6.46. The smallest absolute Gasteiger partial charge is 0.335 e. The monoisotopic (exact) mass is 310 g/mol. The Morgan fingerprint density at radius 3 is 2.67 bits per heavy atom. The number of hydrogen-bond donors (Lipinski definition) is 1. The van der Waals surface area contributed by atoms with Gasteiger partial charge in [-0.25, -0.2) is 4.79 Å². The molecule has 1 fully saturated rings. The van der Waals surface area contributed by atoms with Gasteiger partial charge in [0.15, 0.2) is 0 Å². The minimum atomic E-state index is -0.942. The maximum atomic E-state index is 10.9. The second-order valence-electron chi connectivity index (χ2n) is 6.05. The van der Waals surface area contributed by atoms with Crippen molar-refractivity contribution in [1.29, 1.82) is 0 Å². The van der Waals surface area contributed by atoms with Gasteiger partial charge >= 0.3 is 5.97 Å². The van der Waals surface area contributed by atoms with Crippen LogP contribution in [0.15, 0.2) is 18.2 Å². The highest BCUT2D eigenvalue weighted by Crippen LogP contribution is 2.21. The Morgan fingerprint density at radius 2 is 2.10 bits per heavy atom. The predicted molar refractivity (Wildman–Crippen MR) is 85.0 cm³/mol. The molecule has 2 rings (SSSR count). The largest absolute Gasteiger partial charge is 0.478 e. The van der Waals surface area contributed by atoms with Gasteiger partial charge in [0.25, 0.3) is 0 Å². The van der Waals surface area contributed by atoms with Crippen LogP contribution < -0.4 is 0 Å². The van der Waals surface area contributed by atoms with E-state index >= 15 is 0 Å². The third kappa shape index (κ3) is 4.70. The Balaban J connectivity index is 1.90. The molecule has 21 heavy (non-hydrogen) atoms. The molecule has 1 heterocycles. The highest BCUT2D eigenvalue weighted by atomic mass is 35.5. The molecule has 1 aliphatic rings. The Hall–Kier alpha value is -1.10. The summed E-state index contributed by atoms with van der Waals surface area (Å²) in [5.41, 5.74) is 1.22. The molecule has 1 aromatic carbocycles. The minimum Gasteiger partial charge on any atom is -0.478 e. The normalized spacial score (nSPS) is 17.3. The summed E-state index contributed by atoms with van der Waals surface area (Å²) in [6.45, 7) is 4.16. The van der Waals surface area contributed by atoms with E-state index in [-0.39, 0.29) is 5.56 Å². The lowest BCUT2D eigenvalue weighted by Crippen LogP contribution is -2.35. The van der Waals surface area contributed by atoms with Crippen molar-refractivity contribution in [2.75, 3.05) is 33.7 Å². The Labute approximate surface area is 131 Å². The molecule has 1 aromatic rings. The first-order valence-corrected chi connectivity index (χ1v) is 7.72. The summed E-state index contributed by atoms with van der Waals surface area (Å²) in [5, 5.41) is 9.48. The lowest BCUT2D eigenvalue weighted by Gasteiger charge is -2.31. The number of benzene rings is 1. The van der Waals surface area contributed by atoms with E-state index in [1.54, 1.807) is 6.07 Å². The van der Waals surface area contributed by atoms with Crippen molar-refractivity contribution in [2.45, 2.75) is 19.4 Å². The van der Waals surface area contributed by atoms with Crippen molar-refractivity contribution < 1.29 is 9.90 Å². The van der Waals surface area contributed by atoms with Crippen LogP contribution in [0, 0.1) is 5.92 Å². The topological polar surface area (TPSA) is 43.8 Å². The van der Waals surface area contributed by atoms with Crippen LogP contribution in [-0.4, -0.2) is 54.6 Å². The lowest BCUT2D eigenvalue weighted by atomic mass is 9.96. The van der Waals surface area contributed by atoms with Crippen LogP contribution in [0.25, 0.3) is 0 Å². The van der Waals surface area contributed by atoms with E-state index in [4.69, 9.17) is 16.7 Å². The molecule has 116 valence electrons. The third-order valence-electron chi connectivity index (χ3n) is 4.15. The summed E-state index contributed by atoms with van der Waals surface area (Å²) in [6, 6.07) is 4.96. The number of aromatic carboxylic acids is 1. The summed E-state index contributed by atoms with van der Waals surface area (Å²) < 4.78 is 0. The van der Waals surface area contributed by atoms with E-state index in [1.165, 1.54) is 32.0 Å². The lowest BCUT2D eigenvalue weighted by molar-refractivity contribution is 0.0697. The summed E-state index contributed by atoms with van der Waals surface area (Å²) in [4.78, 5) is 15.6. The van der Waals surface area contributed by atoms with Crippen molar-refractivity contribution in [2.24, 2.45) is 5.92 Å². The molecule has 4 nitrogen and oxygen atoms in total. The average Bonchev–Trinajstić information content (AvgIpc) is 2.43. The van der Waals surface area contributed by atoms with Crippen molar-refractivity contribution in [1.82, 2.24) is 9.80 Å². The highest BCUT2D eigenvalue weighted by molar-refractivity contribution is 6.31. The fourth-order valence-electron chi connectivity index (χ4n) is 2.85. The quantitative estimate of drug-likeness (QED) is 0.908. The Bertz CT molecular complexity index is 499. The molecule has 1 aliphatic heterocycles. The van der Waals surface area contributed by atoms with E-state index in [9.17, 15) is 4.79 Å². The van der Waals surface area contributed by atoms with Gasteiger partial charge in [-0.05, 0) is 63.6 Å². The Kier molecular flexibility index (Phi) is 5.62. The standard InChI is InChI=1S/C16H23ClN2O2/c1-18-7-5-12(6-8-18)10-19(2)11-14-4-3-13(16(20)21)9-15(14)17/h3-4,9,12H,5-8,10-11H2,1-2H3,(H,20,21). The summed E-state index contributed by atoms with van der Waals surface area (Å²) >= 11 is 6.18. The predicted octanol–water partition coefficient (Wildman–Crippen LogP) is 2.81. The zero-order valence-corrected chi connectivity index (χ0v) is 13.4. The molecule has 0 spiro atoms. The van der Waals surface area contributed by atoms with Gasteiger partial charge in [-0.3, -0.25) is 0 Å². The van der Waals surface area contributed by atoms with Crippen LogP contribution in [0.3, 0.4) is 0 Å². The molecule has 0 bridgehead atoms. The van der Waals surface area contributed by atoms with Gasteiger partial charge in [0.1, 0.15) is 0 Å². The van der Waals surface area contributed by atoms with Crippen molar-refractivity contribution in [3.8, 4) is 0 Å². The molecule has 0 unspecified atom stereocenters. The number of halogens is 1. The van der Waals surface area contributed by atoms with Crippen LogP contribution in [-0.2, 0) is 6.54 Å². The number of rotatable bonds is 5. The fraction of sp³-hybridized carbons (Fsp3) is 0.562. The SMILES string of the molecule is CN1CCC(CN(C)Cc2ccc(C(=O)O)cc2Cl)CC1. The van der Waals surface area contributed by atoms with E-state index in [2.05, 4.69) is 23.9 Å².